The number of aromatic nitrogens is 2. The van der Waals surface area contributed by atoms with Gasteiger partial charge in [0.2, 0.25) is 5.95 Å². The molecule has 5 nitrogen and oxygen atoms in total. The van der Waals surface area contributed by atoms with Crippen molar-refractivity contribution in [2.75, 3.05) is 5.32 Å². The number of nitrogens with zero attached hydrogens (tertiary/aromatic N) is 3. The third-order valence-electron chi connectivity index (χ3n) is 3.76. The molecule has 1 aliphatic carbocycles. The average Bonchev–Trinajstić information content (AvgIpc) is 3.03. The molecule has 1 fully saturated rings. The number of dihydropyridines is 1. The SMILES string of the molecule is N#C/C(=C1\C=CC(Br)=CN1)c1ccnc(NC2CCCC2)n1. The Bertz CT molecular complexity index is 693. The third-order valence-corrected chi connectivity index (χ3v) is 4.25. The average molecular weight is 358 g/mol. The number of halogens is 1. The van der Waals surface area contributed by atoms with Crippen LogP contribution in [0.2, 0.25) is 0 Å². The Morgan fingerprint density at radius 1 is 1.36 bits per heavy atom. The van der Waals surface area contributed by atoms with Crippen LogP contribution in [0.1, 0.15) is 31.4 Å². The highest BCUT2D eigenvalue weighted by Gasteiger charge is 2.17. The fraction of sp³-hybridized carbons (Fsp3) is 0.312. The zero-order chi connectivity index (χ0) is 15.4. The van der Waals surface area contributed by atoms with Crippen molar-refractivity contribution in [2.45, 2.75) is 31.7 Å². The molecule has 1 aliphatic heterocycles. The third kappa shape index (κ3) is 3.37. The van der Waals surface area contributed by atoms with Crippen molar-refractivity contribution in [3.63, 3.8) is 0 Å². The lowest BCUT2D eigenvalue weighted by molar-refractivity contribution is 0.743. The van der Waals surface area contributed by atoms with Gasteiger partial charge in [0.25, 0.3) is 0 Å². The monoisotopic (exact) mass is 357 g/mol. The van der Waals surface area contributed by atoms with E-state index in [1.54, 1.807) is 18.5 Å². The summed E-state index contributed by atoms with van der Waals surface area (Å²) in [5.74, 6) is 0.592. The topological polar surface area (TPSA) is 73.6 Å². The Balaban J connectivity index is 1.85. The summed E-state index contributed by atoms with van der Waals surface area (Å²) in [6.45, 7) is 0. The van der Waals surface area contributed by atoms with Crippen LogP contribution in [0.25, 0.3) is 5.57 Å². The van der Waals surface area contributed by atoms with Crippen molar-refractivity contribution in [3.8, 4) is 6.07 Å². The molecule has 3 rings (SSSR count). The molecule has 112 valence electrons. The van der Waals surface area contributed by atoms with Gasteiger partial charge in [0.15, 0.2) is 0 Å². The van der Waals surface area contributed by atoms with Crippen molar-refractivity contribution in [1.82, 2.24) is 15.3 Å². The summed E-state index contributed by atoms with van der Waals surface area (Å²) in [7, 11) is 0. The van der Waals surface area contributed by atoms with Crippen LogP contribution in [0.3, 0.4) is 0 Å². The summed E-state index contributed by atoms with van der Waals surface area (Å²) in [4.78, 5) is 8.76. The van der Waals surface area contributed by atoms with Crippen molar-refractivity contribution in [3.05, 3.63) is 46.5 Å². The van der Waals surface area contributed by atoms with Crippen LogP contribution in [0.4, 0.5) is 5.95 Å². The van der Waals surface area contributed by atoms with Gasteiger partial charge >= 0.3 is 0 Å². The lowest BCUT2D eigenvalue weighted by Crippen LogP contribution is -2.17. The summed E-state index contributed by atoms with van der Waals surface area (Å²) < 4.78 is 0.930. The molecule has 0 radical (unpaired) electrons. The van der Waals surface area contributed by atoms with Gasteiger partial charge in [-0.3, -0.25) is 0 Å². The minimum atomic E-state index is 0.444. The number of nitrogens with one attached hydrogen (secondary N) is 2. The van der Waals surface area contributed by atoms with E-state index < -0.39 is 0 Å². The summed E-state index contributed by atoms with van der Waals surface area (Å²) in [6.07, 6.45) is 12.0. The van der Waals surface area contributed by atoms with Gasteiger partial charge in [0.05, 0.1) is 11.4 Å². The van der Waals surface area contributed by atoms with Crippen molar-refractivity contribution in [1.29, 1.82) is 5.26 Å². The zero-order valence-corrected chi connectivity index (χ0v) is 13.6. The van der Waals surface area contributed by atoms with Crippen LogP contribution in [-0.2, 0) is 0 Å². The van der Waals surface area contributed by atoms with E-state index >= 15 is 0 Å². The molecule has 0 atom stereocenters. The number of hydrogen-bond acceptors (Lipinski definition) is 5. The van der Waals surface area contributed by atoms with Crippen LogP contribution >= 0.6 is 15.9 Å². The van der Waals surface area contributed by atoms with Gasteiger partial charge in [-0.05, 0) is 47.0 Å². The van der Waals surface area contributed by atoms with Gasteiger partial charge < -0.3 is 10.6 Å². The maximum absolute atomic E-state index is 9.48. The number of nitriles is 1. The molecule has 1 saturated carbocycles. The maximum Gasteiger partial charge on any atom is 0.223 e. The van der Waals surface area contributed by atoms with Crippen molar-refractivity contribution < 1.29 is 0 Å². The molecule has 6 heteroatoms. The van der Waals surface area contributed by atoms with Crippen molar-refractivity contribution >= 4 is 27.5 Å². The number of allylic oxidation sites excluding steroid dienone is 4. The second kappa shape index (κ2) is 6.75. The highest BCUT2D eigenvalue weighted by Crippen LogP contribution is 2.23. The van der Waals surface area contributed by atoms with Gasteiger partial charge in [-0.25, -0.2) is 9.97 Å². The highest BCUT2D eigenvalue weighted by molar-refractivity contribution is 9.11. The Hall–Kier alpha value is -2.13. The first-order valence-corrected chi connectivity index (χ1v) is 8.10. The minimum absolute atomic E-state index is 0.444. The van der Waals surface area contributed by atoms with E-state index in [0.29, 0.717) is 23.3 Å². The summed E-state index contributed by atoms with van der Waals surface area (Å²) in [5, 5.41) is 15.9. The molecular formula is C16H16BrN5. The molecule has 2 N–H and O–H groups in total. The maximum atomic E-state index is 9.48. The Morgan fingerprint density at radius 2 is 2.18 bits per heavy atom. The predicted molar refractivity (Wildman–Crippen MR) is 89.7 cm³/mol. The zero-order valence-electron chi connectivity index (χ0n) is 12.0. The number of anilines is 1. The largest absolute Gasteiger partial charge is 0.359 e. The summed E-state index contributed by atoms with van der Waals surface area (Å²) in [6, 6.07) is 4.43. The standard InChI is InChI=1S/C16H16BrN5/c17-11-5-6-14(20-10-11)13(9-18)15-7-8-19-16(22-15)21-12-3-1-2-4-12/h5-8,10,12,20H,1-4H2,(H,19,21,22)/b14-13-. The highest BCUT2D eigenvalue weighted by atomic mass is 79.9. The van der Waals surface area contributed by atoms with E-state index in [0.717, 1.165) is 23.0 Å². The van der Waals surface area contributed by atoms with Crippen LogP contribution in [0.15, 0.2) is 40.8 Å². The van der Waals surface area contributed by atoms with Gasteiger partial charge in [-0.1, -0.05) is 12.8 Å². The lowest BCUT2D eigenvalue weighted by Gasteiger charge is -2.13. The van der Waals surface area contributed by atoms with Crippen LogP contribution in [0.5, 0.6) is 0 Å². The van der Waals surface area contributed by atoms with E-state index in [9.17, 15) is 5.26 Å². The summed E-state index contributed by atoms with van der Waals surface area (Å²) >= 11 is 3.37. The fourth-order valence-corrected chi connectivity index (χ4v) is 2.88. The normalized spacial score (nSPS) is 20.1. The molecule has 0 saturated heterocycles. The smallest absolute Gasteiger partial charge is 0.223 e. The molecule has 0 amide bonds. The molecule has 0 bridgehead atoms. The number of rotatable bonds is 3. The van der Waals surface area contributed by atoms with Crippen LogP contribution < -0.4 is 10.6 Å². The number of hydrogen-bond donors (Lipinski definition) is 2. The second-order valence-electron chi connectivity index (χ2n) is 5.30. The molecule has 0 spiro atoms. The molecule has 2 heterocycles. The minimum Gasteiger partial charge on any atom is -0.359 e. The molecular weight excluding hydrogens is 342 g/mol. The quantitative estimate of drug-likeness (QED) is 0.810. The van der Waals surface area contributed by atoms with E-state index in [1.165, 1.54) is 12.8 Å². The lowest BCUT2D eigenvalue weighted by atomic mass is 10.1. The second-order valence-corrected chi connectivity index (χ2v) is 6.21. The fourth-order valence-electron chi connectivity index (χ4n) is 2.64. The first-order valence-electron chi connectivity index (χ1n) is 7.31. The van der Waals surface area contributed by atoms with Gasteiger partial charge in [0, 0.05) is 22.9 Å². The predicted octanol–water partition coefficient (Wildman–Crippen LogP) is 3.46. The molecule has 2 aliphatic rings. The summed E-state index contributed by atoms with van der Waals surface area (Å²) in [5.41, 5.74) is 1.86. The molecule has 1 aromatic heterocycles. The first-order chi connectivity index (χ1) is 10.8. The molecule has 0 unspecified atom stereocenters. The molecule has 1 aromatic rings. The Labute approximate surface area is 138 Å². The van der Waals surface area contributed by atoms with Crippen LogP contribution in [-0.4, -0.2) is 16.0 Å². The van der Waals surface area contributed by atoms with E-state index in [4.69, 9.17) is 0 Å². The van der Waals surface area contributed by atoms with Gasteiger partial charge in [0.1, 0.15) is 11.6 Å². The van der Waals surface area contributed by atoms with Gasteiger partial charge in [-0.15, -0.1) is 0 Å². The van der Waals surface area contributed by atoms with Crippen LogP contribution in [0, 0.1) is 11.3 Å². The Morgan fingerprint density at radius 3 is 2.86 bits per heavy atom. The van der Waals surface area contributed by atoms with Crippen molar-refractivity contribution in [2.24, 2.45) is 0 Å². The molecule has 0 aromatic carbocycles. The van der Waals surface area contributed by atoms with E-state index in [2.05, 4.69) is 42.6 Å². The molecule has 22 heavy (non-hydrogen) atoms. The van der Waals surface area contributed by atoms with Gasteiger partial charge in [-0.2, -0.15) is 5.26 Å². The van der Waals surface area contributed by atoms with E-state index in [1.807, 2.05) is 12.2 Å². The van der Waals surface area contributed by atoms with E-state index in [-0.39, 0.29) is 0 Å². The first kappa shape index (κ1) is 14.8. The Kier molecular flexibility index (Phi) is 4.54.